The van der Waals surface area contributed by atoms with Gasteiger partial charge in [0.1, 0.15) is 8.07 Å². The van der Waals surface area contributed by atoms with Gasteiger partial charge in [-0.3, -0.25) is 4.90 Å². The van der Waals surface area contributed by atoms with Gasteiger partial charge in [0, 0.05) is 24.2 Å². The first kappa shape index (κ1) is 25.2. The van der Waals surface area contributed by atoms with E-state index in [1.807, 2.05) is 24.3 Å². The Balaban J connectivity index is 3.36. The van der Waals surface area contributed by atoms with E-state index in [-0.39, 0.29) is 11.0 Å². The van der Waals surface area contributed by atoms with Crippen LogP contribution in [0.1, 0.15) is 64.4 Å². The molecule has 0 radical (unpaired) electrons. The van der Waals surface area contributed by atoms with Crippen LogP contribution in [0.25, 0.3) is 5.57 Å². The van der Waals surface area contributed by atoms with Gasteiger partial charge < -0.3 is 4.74 Å². The molecule has 0 N–H and O–H groups in total. The van der Waals surface area contributed by atoms with E-state index in [1.165, 1.54) is 7.11 Å². The lowest BCUT2D eigenvalue weighted by molar-refractivity contribution is 0.0600. The highest BCUT2D eigenvalue weighted by Gasteiger charge is 2.33. The Morgan fingerprint density at radius 3 is 1.97 bits per heavy atom. The molecule has 0 amide bonds. The molecule has 0 aliphatic carbocycles. The summed E-state index contributed by atoms with van der Waals surface area (Å²) in [7, 11) is -0.323. The lowest BCUT2D eigenvalue weighted by Crippen LogP contribution is -2.37. The molecule has 0 bridgehead atoms. The quantitative estimate of drug-likeness (QED) is 0.324. The molecule has 0 aliphatic rings. The molecule has 0 heterocycles. The number of rotatable bonds is 6. The van der Waals surface area contributed by atoms with E-state index >= 15 is 0 Å². The largest absolute Gasteiger partial charge is 0.465 e. The SMILES string of the molecule is COC(=O)c1ccc(/C(C#C[Si](C)(C)C(C)(C)C)=C\CN(C(C)C)C(C)C)cc1. The van der Waals surface area contributed by atoms with Crippen LogP contribution in [0.4, 0.5) is 0 Å². The Morgan fingerprint density at radius 2 is 1.55 bits per heavy atom. The van der Waals surface area contributed by atoms with Crippen LogP contribution >= 0.6 is 0 Å². The lowest BCUT2D eigenvalue weighted by Gasteiger charge is -2.31. The molecule has 160 valence electrons. The van der Waals surface area contributed by atoms with E-state index in [1.54, 1.807) is 0 Å². The van der Waals surface area contributed by atoms with E-state index in [9.17, 15) is 4.79 Å². The smallest absolute Gasteiger partial charge is 0.337 e. The third kappa shape index (κ3) is 7.17. The summed E-state index contributed by atoms with van der Waals surface area (Å²) in [5.41, 5.74) is 6.26. The molecule has 4 heteroatoms. The van der Waals surface area contributed by atoms with Crippen LogP contribution in [0.2, 0.25) is 18.1 Å². The Hall–Kier alpha value is -1.83. The second-order valence-corrected chi connectivity index (χ2v) is 14.7. The number of methoxy groups -OCH3 is 1. The third-order valence-electron chi connectivity index (χ3n) is 5.83. The standard InChI is InChI=1S/C25H39NO2Si/c1-19(2)26(20(3)4)17-15-22(16-18-29(9,10)25(5,6)7)21-11-13-23(14-12-21)24(27)28-8/h11-15,19-20H,17H2,1-10H3/b22-15-. The summed E-state index contributed by atoms with van der Waals surface area (Å²) >= 11 is 0. The van der Waals surface area contributed by atoms with Crippen LogP contribution in [0.5, 0.6) is 0 Å². The molecule has 1 aromatic rings. The number of hydrogen-bond acceptors (Lipinski definition) is 3. The molecule has 0 atom stereocenters. The van der Waals surface area contributed by atoms with Gasteiger partial charge in [0.2, 0.25) is 0 Å². The zero-order valence-corrected chi connectivity index (χ0v) is 21.0. The van der Waals surface area contributed by atoms with Gasteiger partial charge in [0.25, 0.3) is 0 Å². The fraction of sp³-hybridized carbons (Fsp3) is 0.560. The molecule has 0 spiro atoms. The average Bonchev–Trinajstić information content (AvgIpc) is 2.62. The molecule has 1 rings (SSSR count). The van der Waals surface area contributed by atoms with Crippen molar-refractivity contribution in [1.29, 1.82) is 0 Å². The molecule has 0 fully saturated rings. The molecule has 0 saturated heterocycles. The second-order valence-electron chi connectivity index (χ2n) is 9.70. The van der Waals surface area contributed by atoms with Crippen molar-refractivity contribution in [2.75, 3.05) is 13.7 Å². The zero-order chi connectivity index (χ0) is 22.4. The Bertz CT molecular complexity index is 764. The van der Waals surface area contributed by atoms with Crippen molar-refractivity contribution in [3.05, 3.63) is 41.5 Å². The van der Waals surface area contributed by atoms with Crippen LogP contribution in [0.15, 0.2) is 30.3 Å². The number of nitrogens with zero attached hydrogens (tertiary/aromatic N) is 1. The zero-order valence-electron chi connectivity index (χ0n) is 20.0. The highest BCUT2D eigenvalue weighted by Crippen LogP contribution is 2.35. The fourth-order valence-electron chi connectivity index (χ4n) is 2.77. The highest BCUT2D eigenvalue weighted by atomic mass is 28.3. The van der Waals surface area contributed by atoms with Gasteiger partial charge in [-0.25, -0.2) is 4.79 Å². The molecular formula is C25H39NO2Si. The van der Waals surface area contributed by atoms with Crippen LogP contribution in [0.3, 0.4) is 0 Å². The number of ether oxygens (including phenoxy) is 1. The number of hydrogen-bond donors (Lipinski definition) is 0. The van der Waals surface area contributed by atoms with Crippen molar-refractivity contribution in [1.82, 2.24) is 4.90 Å². The number of esters is 1. The average molecular weight is 414 g/mol. The molecule has 0 aliphatic heterocycles. The summed E-state index contributed by atoms with van der Waals surface area (Å²) in [5.74, 6) is 3.19. The van der Waals surface area contributed by atoms with Crippen LogP contribution < -0.4 is 0 Å². The first-order chi connectivity index (χ1) is 13.3. The predicted molar refractivity (Wildman–Crippen MR) is 128 cm³/mol. The van der Waals surface area contributed by atoms with Crippen molar-refractivity contribution in [3.63, 3.8) is 0 Å². The highest BCUT2D eigenvalue weighted by molar-refractivity contribution is 6.87. The van der Waals surface area contributed by atoms with Crippen molar-refractivity contribution in [2.45, 2.75) is 78.7 Å². The Morgan fingerprint density at radius 1 is 1.07 bits per heavy atom. The summed E-state index contributed by atoms with van der Waals surface area (Å²) in [5, 5.41) is 0.210. The van der Waals surface area contributed by atoms with E-state index < -0.39 is 8.07 Å². The van der Waals surface area contributed by atoms with Crippen molar-refractivity contribution in [3.8, 4) is 11.5 Å². The van der Waals surface area contributed by atoms with Gasteiger partial charge >= 0.3 is 5.97 Å². The predicted octanol–water partition coefficient (Wildman–Crippen LogP) is 6.03. The molecule has 0 saturated carbocycles. The topological polar surface area (TPSA) is 29.5 Å². The minimum absolute atomic E-state index is 0.210. The summed E-state index contributed by atoms with van der Waals surface area (Å²) in [4.78, 5) is 14.2. The summed E-state index contributed by atoms with van der Waals surface area (Å²) in [6.07, 6.45) is 2.23. The van der Waals surface area contributed by atoms with Crippen LogP contribution in [-0.4, -0.2) is 44.7 Å². The minimum Gasteiger partial charge on any atom is -0.465 e. The second kappa shape index (κ2) is 10.3. The fourth-order valence-corrected chi connectivity index (χ4v) is 3.59. The number of benzene rings is 1. The van der Waals surface area contributed by atoms with Crippen LogP contribution in [0, 0.1) is 11.5 Å². The Labute approximate surface area is 179 Å². The Kier molecular flexibility index (Phi) is 8.93. The maximum Gasteiger partial charge on any atom is 0.337 e. The molecule has 29 heavy (non-hydrogen) atoms. The van der Waals surface area contributed by atoms with Gasteiger partial charge in [-0.15, -0.1) is 5.54 Å². The van der Waals surface area contributed by atoms with E-state index in [2.05, 4.69) is 84.0 Å². The number of carbonyl (C=O) groups excluding carboxylic acids is 1. The number of allylic oxidation sites excluding steroid dienone is 1. The van der Waals surface area contributed by atoms with Gasteiger partial charge in [-0.1, -0.05) is 58.0 Å². The van der Waals surface area contributed by atoms with Gasteiger partial charge in [0.05, 0.1) is 12.7 Å². The first-order valence-corrected chi connectivity index (χ1v) is 13.5. The van der Waals surface area contributed by atoms with Crippen molar-refractivity contribution >= 4 is 19.6 Å². The summed E-state index contributed by atoms with van der Waals surface area (Å²) in [6, 6.07) is 8.48. The molecule has 0 unspecified atom stereocenters. The maximum atomic E-state index is 11.8. The van der Waals surface area contributed by atoms with E-state index in [0.717, 1.165) is 17.7 Å². The molecule has 0 aromatic heterocycles. The van der Waals surface area contributed by atoms with E-state index in [4.69, 9.17) is 4.74 Å². The third-order valence-corrected chi connectivity index (χ3v) is 10.3. The van der Waals surface area contributed by atoms with Gasteiger partial charge in [-0.05, 0) is 50.4 Å². The molecule has 1 aromatic carbocycles. The minimum atomic E-state index is -1.72. The van der Waals surface area contributed by atoms with E-state index in [0.29, 0.717) is 17.6 Å². The maximum absolute atomic E-state index is 11.8. The number of carbonyl (C=O) groups is 1. The monoisotopic (exact) mass is 413 g/mol. The van der Waals surface area contributed by atoms with Crippen LogP contribution in [-0.2, 0) is 4.74 Å². The molecular weight excluding hydrogens is 374 g/mol. The van der Waals surface area contributed by atoms with Gasteiger partial charge in [0.15, 0.2) is 0 Å². The van der Waals surface area contributed by atoms with Gasteiger partial charge in [-0.2, -0.15) is 0 Å². The van der Waals surface area contributed by atoms with Crippen molar-refractivity contribution in [2.24, 2.45) is 0 Å². The van der Waals surface area contributed by atoms with Crippen molar-refractivity contribution < 1.29 is 9.53 Å². The molecule has 3 nitrogen and oxygen atoms in total. The normalized spacial score (nSPS) is 12.9. The summed E-state index contributed by atoms with van der Waals surface area (Å²) < 4.78 is 4.82. The first-order valence-electron chi connectivity index (χ1n) is 10.5. The lowest BCUT2D eigenvalue weighted by atomic mass is 10.0. The summed E-state index contributed by atoms with van der Waals surface area (Å²) in [6.45, 7) is 21.2.